The van der Waals surface area contributed by atoms with Crippen molar-refractivity contribution >= 4 is 17.9 Å². The molecule has 8 nitrogen and oxygen atoms in total. The van der Waals surface area contributed by atoms with Crippen molar-refractivity contribution in [2.75, 3.05) is 41.0 Å². The predicted molar refractivity (Wildman–Crippen MR) is 222 cm³/mol. The molecule has 0 radical (unpaired) electrons. The number of carbonyl (C=O) groups excluding carboxylic acids is 3. The Morgan fingerprint density at radius 1 is 0.593 bits per heavy atom. The van der Waals surface area contributed by atoms with Crippen molar-refractivity contribution in [2.45, 2.75) is 148 Å². The number of carbonyl (C=O) groups is 3. The highest BCUT2D eigenvalue weighted by molar-refractivity contribution is 5.70. The predicted octanol–water partition coefficient (Wildman–Crippen LogP) is 9.63. The van der Waals surface area contributed by atoms with Crippen LogP contribution in [0.1, 0.15) is 136 Å². The van der Waals surface area contributed by atoms with E-state index >= 15 is 0 Å². The van der Waals surface area contributed by atoms with E-state index < -0.39 is 18.1 Å². The van der Waals surface area contributed by atoms with Crippen molar-refractivity contribution in [2.24, 2.45) is 0 Å². The molecular formula is C46H75NO7. The molecule has 0 aliphatic heterocycles. The molecule has 0 N–H and O–H groups in total. The van der Waals surface area contributed by atoms with Gasteiger partial charge in [0.1, 0.15) is 12.6 Å². The van der Waals surface area contributed by atoms with Gasteiger partial charge in [-0.3, -0.25) is 9.59 Å². The maximum atomic E-state index is 12.7. The molecule has 2 unspecified atom stereocenters. The molecule has 0 amide bonds. The van der Waals surface area contributed by atoms with E-state index in [1.54, 1.807) is 21.1 Å². The molecule has 8 heteroatoms. The third-order valence-corrected chi connectivity index (χ3v) is 8.61. The minimum Gasteiger partial charge on any atom is -0.544 e. The number of allylic oxidation sites excluding steroid dienone is 14. The average Bonchev–Trinajstić information content (AvgIpc) is 3.12. The van der Waals surface area contributed by atoms with Gasteiger partial charge in [0.05, 0.1) is 40.3 Å². The molecule has 0 aromatic heterocycles. The summed E-state index contributed by atoms with van der Waals surface area (Å²) >= 11 is 0. The van der Waals surface area contributed by atoms with Gasteiger partial charge in [0.15, 0.2) is 6.10 Å². The third kappa shape index (κ3) is 34.3. The van der Waals surface area contributed by atoms with Crippen molar-refractivity contribution in [1.29, 1.82) is 0 Å². The van der Waals surface area contributed by atoms with E-state index in [1.807, 2.05) is 36.5 Å². The molecule has 0 fully saturated rings. The smallest absolute Gasteiger partial charge is 0.306 e. The monoisotopic (exact) mass is 754 g/mol. The highest BCUT2D eigenvalue weighted by Gasteiger charge is 2.25. The first kappa shape index (κ1) is 50.5. The van der Waals surface area contributed by atoms with E-state index in [2.05, 4.69) is 62.5 Å². The van der Waals surface area contributed by atoms with Crippen molar-refractivity contribution in [1.82, 2.24) is 0 Å². The van der Waals surface area contributed by atoms with E-state index in [1.165, 1.54) is 38.5 Å². The van der Waals surface area contributed by atoms with Crippen LogP contribution in [-0.2, 0) is 28.6 Å². The van der Waals surface area contributed by atoms with Gasteiger partial charge in [0.25, 0.3) is 0 Å². The van der Waals surface area contributed by atoms with Crippen LogP contribution in [0.5, 0.6) is 0 Å². The van der Waals surface area contributed by atoms with Crippen molar-refractivity contribution in [3.63, 3.8) is 0 Å². The van der Waals surface area contributed by atoms with Crippen LogP contribution in [-0.4, -0.2) is 75.5 Å². The first-order valence-electron chi connectivity index (χ1n) is 20.7. The maximum absolute atomic E-state index is 12.7. The summed E-state index contributed by atoms with van der Waals surface area (Å²) in [4.78, 5) is 36.7. The van der Waals surface area contributed by atoms with E-state index in [9.17, 15) is 19.5 Å². The number of carboxylic acids is 1. The zero-order valence-corrected chi connectivity index (χ0v) is 34.6. The van der Waals surface area contributed by atoms with Crippen LogP contribution in [0.2, 0.25) is 0 Å². The van der Waals surface area contributed by atoms with E-state index in [0.29, 0.717) is 12.8 Å². The van der Waals surface area contributed by atoms with Gasteiger partial charge in [-0.1, -0.05) is 137 Å². The quantitative estimate of drug-likeness (QED) is 0.0209. The van der Waals surface area contributed by atoms with E-state index in [-0.39, 0.29) is 55.5 Å². The zero-order valence-electron chi connectivity index (χ0n) is 34.6. The van der Waals surface area contributed by atoms with Crippen LogP contribution >= 0.6 is 0 Å². The van der Waals surface area contributed by atoms with Gasteiger partial charge in [-0.15, -0.1) is 0 Å². The molecule has 0 rings (SSSR count). The van der Waals surface area contributed by atoms with Crippen molar-refractivity contribution in [3.05, 3.63) is 85.1 Å². The second-order valence-electron chi connectivity index (χ2n) is 14.6. The van der Waals surface area contributed by atoms with Crippen LogP contribution in [0.3, 0.4) is 0 Å². The van der Waals surface area contributed by atoms with Crippen molar-refractivity contribution < 1.29 is 38.2 Å². The normalized spacial score (nSPS) is 13.9. The molecule has 0 heterocycles. The lowest BCUT2D eigenvalue weighted by Gasteiger charge is -2.34. The minimum absolute atomic E-state index is 0.00240. The van der Waals surface area contributed by atoms with Crippen LogP contribution in [0.4, 0.5) is 0 Å². The Hall–Kier alpha value is -3.49. The number of quaternary nitrogens is 1. The van der Waals surface area contributed by atoms with Crippen molar-refractivity contribution in [3.8, 4) is 0 Å². The average molecular weight is 754 g/mol. The lowest BCUT2D eigenvalue weighted by Crippen LogP contribution is -2.55. The lowest BCUT2D eigenvalue weighted by molar-refractivity contribution is -0.889. The molecule has 0 aromatic carbocycles. The number of rotatable bonds is 35. The highest BCUT2D eigenvalue weighted by Crippen LogP contribution is 2.11. The number of likely N-dealkylation sites (N-methyl/N-ethyl adjacent to an activating group) is 1. The summed E-state index contributed by atoms with van der Waals surface area (Å²) in [6, 6.07) is -0.744. The molecule has 0 bridgehead atoms. The number of nitrogens with zero attached hydrogens (tertiary/aromatic N) is 1. The summed E-state index contributed by atoms with van der Waals surface area (Å²) in [7, 11) is 5.36. The fraction of sp³-hybridized carbons (Fsp3) is 0.630. The Labute approximate surface area is 329 Å². The lowest BCUT2D eigenvalue weighted by atomic mass is 10.1. The van der Waals surface area contributed by atoms with Gasteiger partial charge in [-0.05, 0) is 64.2 Å². The molecule has 0 saturated carbocycles. The van der Waals surface area contributed by atoms with Gasteiger partial charge in [0.2, 0.25) is 0 Å². The number of esters is 2. The van der Waals surface area contributed by atoms with Gasteiger partial charge in [0, 0.05) is 19.3 Å². The van der Waals surface area contributed by atoms with E-state index in [4.69, 9.17) is 14.2 Å². The van der Waals surface area contributed by atoms with Crippen LogP contribution in [0.25, 0.3) is 0 Å². The number of carboxylic acid groups (broad SMARTS) is 1. The molecule has 0 aliphatic rings. The third-order valence-electron chi connectivity index (χ3n) is 8.61. The molecule has 0 saturated heterocycles. The van der Waals surface area contributed by atoms with Crippen LogP contribution in [0, 0.1) is 0 Å². The second kappa shape index (κ2) is 36.5. The van der Waals surface area contributed by atoms with Crippen LogP contribution < -0.4 is 5.11 Å². The molecule has 0 spiro atoms. The first-order chi connectivity index (χ1) is 26.1. The number of aliphatic carboxylic acids is 1. The molecular weight excluding hydrogens is 679 g/mol. The first-order valence-corrected chi connectivity index (χ1v) is 20.7. The molecule has 54 heavy (non-hydrogen) atoms. The standard InChI is InChI=1S/C46H75NO7/c1-6-8-10-12-14-16-18-20-21-22-23-25-27-29-31-33-35-37-45(49)54-42(40-52-39-38-43(46(50)51)47(3,4)5)41-53-44(48)36-34-32-30-28-26-24-19-17-15-13-11-9-7-2/h9,11,13,15,17,19-21,23-26,29,31,42-43H,6-8,10,12,14,16,18,22,27-28,30,32-41H2,1-5H3/b11-9+,15-13+,19-17+,21-20+,25-23+,26-24+,31-29+. The summed E-state index contributed by atoms with van der Waals surface area (Å²) < 4.78 is 17.0. The Morgan fingerprint density at radius 2 is 1.13 bits per heavy atom. The number of ether oxygens (including phenoxy) is 3. The fourth-order valence-corrected chi connectivity index (χ4v) is 5.39. The summed E-state index contributed by atoms with van der Waals surface area (Å²) in [5, 5.41) is 11.6. The van der Waals surface area contributed by atoms with Gasteiger partial charge in [-0.2, -0.15) is 0 Å². The van der Waals surface area contributed by atoms with Gasteiger partial charge < -0.3 is 28.6 Å². The van der Waals surface area contributed by atoms with E-state index in [0.717, 1.165) is 51.4 Å². The topological polar surface area (TPSA) is 102 Å². The summed E-state index contributed by atoms with van der Waals surface area (Å²) in [5.74, 6) is -1.87. The zero-order chi connectivity index (χ0) is 40.0. The SMILES string of the molecule is CC/C=C/C=C/C=C/C=C/CCCCCC(=O)OCC(COCCC(C(=O)[O-])[N+](C)(C)C)OC(=O)CCC/C=C/C/C=C/C/C=C/CCCCCCCC. The Kier molecular flexibility index (Phi) is 34.1. The number of hydrogen-bond donors (Lipinski definition) is 0. The largest absolute Gasteiger partial charge is 0.544 e. The Morgan fingerprint density at radius 3 is 1.76 bits per heavy atom. The van der Waals surface area contributed by atoms with Crippen LogP contribution in [0.15, 0.2) is 85.1 Å². The van der Waals surface area contributed by atoms with Gasteiger partial charge >= 0.3 is 11.9 Å². The molecule has 2 atom stereocenters. The summed E-state index contributed by atoms with van der Waals surface area (Å²) in [6.45, 7) is 4.39. The maximum Gasteiger partial charge on any atom is 0.306 e. The summed E-state index contributed by atoms with van der Waals surface area (Å²) in [6.07, 6.45) is 46.2. The summed E-state index contributed by atoms with van der Waals surface area (Å²) in [5.41, 5.74) is 0. The van der Waals surface area contributed by atoms with Gasteiger partial charge in [-0.25, -0.2) is 0 Å². The Bertz CT molecular complexity index is 1160. The number of hydrogen-bond acceptors (Lipinski definition) is 7. The Balaban J connectivity index is 4.55. The molecule has 0 aromatic rings. The second-order valence-corrected chi connectivity index (χ2v) is 14.6. The number of unbranched alkanes of at least 4 members (excludes halogenated alkanes) is 10. The molecule has 306 valence electrons. The molecule has 0 aliphatic carbocycles. The highest BCUT2D eigenvalue weighted by atomic mass is 16.6. The minimum atomic E-state index is -1.14. The fourth-order valence-electron chi connectivity index (χ4n) is 5.39.